The summed E-state index contributed by atoms with van der Waals surface area (Å²) < 4.78 is 28.7. The zero-order chi connectivity index (χ0) is 28.0. The van der Waals surface area contributed by atoms with E-state index in [4.69, 9.17) is 16.4 Å². The van der Waals surface area contributed by atoms with Crippen LogP contribution in [0.1, 0.15) is 23.2 Å². The van der Waals surface area contributed by atoms with Crippen molar-refractivity contribution in [1.29, 1.82) is 0 Å². The Balaban J connectivity index is 1.47. The van der Waals surface area contributed by atoms with Crippen LogP contribution in [0.2, 0.25) is 5.02 Å². The summed E-state index contributed by atoms with van der Waals surface area (Å²) in [5.41, 5.74) is 0.448. The highest BCUT2D eigenvalue weighted by Gasteiger charge is 2.29. The van der Waals surface area contributed by atoms with Gasteiger partial charge in [-0.15, -0.1) is 0 Å². The molecule has 1 fully saturated rings. The number of amides is 2. The molecule has 12 heteroatoms. The van der Waals surface area contributed by atoms with E-state index in [0.29, 0.717) is 17.6 Å². The third-order valence-corrected chi connectivity index (χ3v) is 8.68. The molecule has 9 nitrogen and oxygen atoms in total. The van der Waals surface area contributed by atoms with E-state index in [-0.39, 0.29) is 51.9 Å². The Bertz CT molecular complexity index is 1420. The molecule has 1 saturated heterocycles. The molecule has 1 aliphatic heterocycles. The number of anilines is 1. The Hall–Kier alpha value is -3.12. The number of halogens is 2. The molecule has 4 rings (SSSR count). The number of nitrogens with zero attached hydrogens (tertiary/aromatic N) is 2. The number of hydrogen-bond acceptors (Lipinski definition) is 6. The number of hydrogen-bond donors (Lipinski definition) is 2. The second kappa shape index (κ2) is 12.8. The van der Waals surface area contributed by atoms with Crippen LogP contribution in [0.3, 0.4) is 0 Å². The van der Waals surface area contributed by atoms with Gasteiger partial charge in [-0.25, -0.2) is 0 Å². The standard InChI is InChI=1S/C27H27BrClN3O6S/c28-21-8-11-25(24(29)16-21)38-32(22-4-2-1-3-5-22)39(36,37)23-9-6-20(7-10-23)27(35)30-17-26(34)31-14-12-19(18-33)13-15-31/h1-11,16,19,33H,12-15,17-18H2,(H,30,35). The SMILES string of the molecule is O=C(NCC(=O)N1CCC(CO)CC1)c1ccc(S(=O)(=O)N(Oc2ccc(Br)cc2Cl)c2ccccc2)cc1. The van der Waals surface area contributed by atoms with Crippen molar-refractivity contribution in [1.82, 2.24) is 10.2 Å². The molecule has 0 atom stereocenters. The van der Waals surface area contributed by atoms with Crippen LogP contribution >= 0.6 is 27.5 Å². The van der Waals surface area contributed by atoms with Crippen molar-refractivity contribution in [3.05, 3.63) is 87.9 Å². The molecule has 0 unspecified atom stereocenters. The fourth-order valence-corrected chi connectivity index (χ4v) is 5.99. The van der Waals surface area contributed by atoms with Crippen molar-refractivity contribution in [2.45, 2.75) is 17.7 Å². The number of aliphatic hydroxyl groups is 1. The average molecular weight is 637 g/mol. The number of rotatable bonds is 9. The minimum absolute atomic E-state index is 0.109. The number of carbonyl (C=O) groups excluding carboxylic acids is 2. The third kappa shape index (κ3) is 7.10. The van der Waals surface area contributed by atoms with Gasteiger partial charge >= 0.3 is 0 Å². The second-order valence-corrected chi connectivity index (χ2v) is 12.0. The largest absolute Gasteiger partial charge is 0.396 e. The Labute approximate surface area is 240 Å². The van der Waals surface area contributed by atoms with Crippen LogP contribution in [-0.2, 0) is 14.8 Å². The molecule has 206 valence electrons. The van der Waals surface area contributed by atoms with Crippen LogP contribution in [0, 0.1) is 5.92 Å². The normalized spacial score (nSPS) is 14.1. The van der Waals surface area contributed by atoms with Gasteiger partial charge < -0.3 is 20.2 Å². The van der Waals surface area contributed by atoms with Gasteiger partial charge in [0, 0.05) is 29.7 Å². The first kappa shape index (κ1) is 28.9. The molecule has 0 aromatic heterocycles. The van der Waals surface area contributed by atoms with Crippen molar-refractivity contribution >= 4 is 55.1 Å². The Kier molecular flexibility index (Phi) is 9.49. The van der Waals surface area contributed by atoms with Crippen LogP contribution in [-0.4, -0.2) is 56.5 Å². The monoisotopic (exact) mass is 635 g/mol. The van der Waals surface area contributed by atoms with E-state index in [1.807, 2.05) is 0 Å². The first-order chi connectivity index (χ1) is 18.7. The van der Waals surface area contributed by atoms with E-state index in [1.165, 1.54) is 24.3 Å². The summed E-state index contributed by atoms with van der Waals surface area (Å²) in [6.45, 7) is 1.01. The third-order valence-electron chi connectivity index (χ3n) is 6.30. The number of sulfonamides is 1. The van der Waals surface area contributed by atoms with Gasteiger partial charge in [0.15, 0.2) is 5.75 Å². The molecule has 1 heterocycles. The highest BCUT2D eigenvalue weighted by atomic mass is 79.9. The second-order valence-electron chi connectivity index (χ2n) is 8.95. The summed E-state index contributed by atoms with van der Waals surface area (Å²) in [6.07, 6.45) is 1.45. The lowest BCUT2D eigenvalue weighted by Gasteiger charge is -2.31. The number of para-hydroxylation sites is 1. The summed E-state index contributed by atoms with van der Waals surface area (Å²) in [5.74, 6) is -0.376. The number of piperidine rings is 1. The maximum absolute atomic E-state index is 13.6. The lowest BCUT2D eigenvalue weighted by Crippen LogP contribution is -2.44. The van der Waals surface area contributed by atoms with Crippen LogP contribution in [0.5, 0.6) is 5.75 Å². The Morgan fingerprint density at radius 3 is 2.33 bits per heavy atom. The molecule has 0 radical (unpaired) electrons. The molecule has 2 amide bonds. The molecule has 39 heavy (non-hydrogen) atoms. The van der Waals surface area contributed by atoms with Gasteiger partial charge in [-0.05, 0) is 73.4 Å². The molecule has 0 spiro atoms. The Morgan fingerprint density at radius 1 is 1.05 bits per heavy atom. The van der Waals surface area contributed by atoms with Gasteiger partial charge in [-0.2, -0.15) is 8.42 Å². The summed E-state index contributed by atoms with van der Waals surface area (Å²) in [5, 5.41) is 12.0. The summed E-state index contributed by atoms with van der Waals surface area (Å²) >= 11 is 9.58. The molecular weight excluding hydrogens is 610 g/mol. The number of nitrogens with one attached hydrogen (secondary N) is 1. The zero-order valence-corrected chi connectivity index (χ0v) is 24.0. The summed E-state index contributed by atoms with van der Waals surface area (Å²) in [4.78, 5) is 32.4. The maximum Gasteiger partial charge on any atom is 0.295 e. The maximum atomic E-state index is 13.6. The topological polar surface area (TPSA) is 116 Å². The number of benzene rings is 3. The van der Waals surface area contributed by atoms with E-state index >= 15 is 0 Å². The quantitative estimate of drug-likeness (QED) is 0.340. The zero-order valence-electron chi connectivity index (χ0n) is 20.8. The highest BCUT2D eigenvalue weighted by molar-refractivity contribution is 9.10. The minimum Gasteiger partial charge on any atom is -0.396 e. The molecule has 2 N–H and O–H groups in total. The van der Waals surface area contributed by atoms with Gasteiger partial charge in [-0.1, -0.05) is 50.2 Å². The van der Waals surface area contributed by atoms with E-state index in [0.717, 1.165) is 17.3 Å². The number of carbonyl (C=O) groups is 2. The molecule has 3 aromatic rings. The Morgan fingerprint density at radius 2 is 1.72 bits per heavy atom. The van der Waals surface area contributed by atoms with Crippen LogP contribution in [0.25, 0.3) is 0 Å². The lowest BCUT2D eigenvalue weighted by molar-refractivity contribution is -0.131. The fraction of sp³-hybridized carbons (Fsp3) is 0.259. The predicted octanol–water partition coefficient (Wildman–Crippen LogP) is 4.25. The van der Waals surface area contributed by atoms with E-state index in [2.05, 4.69) is 21.2 Å². The van der Waals surface area contributed by atoms with Crippen molar-refractivity contribution in [2.75, 3.05) is 30.7 Å². The average Bonchev–Trinajstić information content (AvgIpc) is 2.95. The van der Waals surface area contributed by atoms with Gasteiger partial charge in [-0.3, -0.25) is 9.59 Å². The molecule has 0 aliphatic carbocycles. The van der Waals surface area contributed by atoms with Crippen LogP contribution < -0.4 is 14.6 Å². The first-order valence-electron chi connectivity index (χ1n) is 12.2. The molecule has 0 bridgehead atoms. The predicted molar refractivity (Wildman–Crippen MR) is 151 cm³/mol. The first-order valence-corrected chi connectivity index (χ1v) is 14.8. The smallest absolute Gasteiger partial charge is 0.295 e. The molecular formula is C27H27BrClN3O6S. The summed E-state index contributed by atoms with van der Waals surface area (Å²) in [6, 6.07) is 18.4. The van der Waals surface area contributed by atoms with Crippen molar-refractivity contribution in [3.8, 4) is 5.75 Å². The van der Waals surface area contributed by atoms with Gasteiger partial charge in [0.25, 0.3) is 15.9 Å². The van der Waals surface area contributed by atoms with Crippen molar-refractivity contribution < 1.29 is 28.0 Å². The number of likely N-dealkylation sites (tertiary alicyclic amines) is 1. The van der Waals surface area contributed by atoms with E-state index < -0.39 is 15.9 Å². The van der Waals surface area contributed by atoms with Crippen molar-refractivity contribution in [2.24, 2.45) is 5.92 Å². The van der Waals surface area contributed by atoms with E-state index in [9.17, 15) is 23.1 Å². The van der Waals surface area contributed by atoms with E-state index in [1.54, 1.807) is 53.4 Å². The van der Waals surface area contributed by atoms with Crippen LogP contribution in [0.15, 0.2) is 82.2 Å². The number of aliphatic hydroxyl groups excluding tert-OH is 1. The minimum atomic E-state index is -4.24. The molecule has 3 aromatic carbocycles. The van der Waals surface area contributed by atoms with Gasteiger partial charge in [0.05, 0.1) is 22.2 Å². The van der Waals surface area contributed by atoms with Gasteiger partial charge in [0.2, 0.25) is 5.91 Å². The lowest BCUT2D eigenvalue weighted by atomic mass is 9.98. The summed E-state index contributed by atoms with van der Waals surface area (Å²) in [7, 11) is -4.24. The van der Waals surface area contributed by atoms with Crippen molar-refractivity contribution in [3.63, 3.8) is 0 Å². The molecule has 1 aliphatic rings. The highest BCUT2D eigenvalue weighted by Crippen LogP contribution is 2.32. The molecule has 0 saturated carbocycles. The van der Waals surface area contributed by atoms with Gasteiger partial charge in [0.1, 0.15) is 0 Å². The fourth-order valence-electron chi connectivity index (χ4n) is 4.04. The van der Waals surface area contributed by atoms with Crippen LogP contribution in [0.4, 0.5) is 5.69 Å².